The van der Waals surface area contributed by atoms with Crippen LogP contribution >= 0.6 is 0 Å². The number of amides is 4. The van der Waals surface area contributed by atoms with Gasteiger partial charge in [-0.2, -0.15) is 4.98 Å². The average molecular weight is 539 g/mol. The minimum absolute atomic E-state index is 0.00579. The Bertz CT molecular complexity index is 1180. The third-order valence-corrected chi connectivity index (χ3v) is 6.68. The summed E-state index contributed by atoms with van der Waals surface area (Å²) in [5.41, 5.74) is 6.12. The van der Waals surface area contributed by atoms with Crippen LogP contribution in [0, 0.1) is 0 Å². The largest absolute Gasteiger partial charge is 0.474 e. The Hall–Kier alpha value is -4.22. The fraction of sp³-hybridized carbons (Fsp3) is 0.481. The van der Waals surface area contributed by atoms with E-state index < -0.39 is 29.9 Å². The highest BCUT2D eigenvalue weighted by Crippen LogP contribution is 2.25. The van der Waals surface area contributed by atoms with Crippen molar-refractivity contribution in [1.29, 1.82) is 0 Å². The van der Waals surface area contributed by atoms with Gasteiger partial charge in [-0.15, -0.1) is 0 Å². The van der Waals surface area contributed by atoms with Gasteiger partial charge in [0.2, 0.25) is 17.7 Å². The van der Waals surface area contributed by atoms with Crippen molar-refractivity contribution in [2.24, 2.45) is 5.73 Å². The molecule has 1 aromatic carbocycles. The molecule has 3 N–H and O–H groups in total. The van der Waals surface area contributed by atoms with Crippen LogP contribution in [0.5, 0.6) is 5.88 Å². The van der Waals surface area contributed by atoms with Gasteiger partial charge in [-0.05, 0) is 32.6 Å². The molecule has 0 bridgehead atoms. The first kappa shape index (κ1) is 27.8. The number of primary amides is 1. The second-order valence-corrected chi connectivity index (χ2v) is 9.51. The third-order valence-electron chi connectivity index (χ3n) is 6.68. The van der Waals surface area contributed by atoms with Crippen molar-refractivity contribution in [2.75, 3.05) is 32.8 Å². The van der Waals surface area contributed by atoms with Crippen molar-refractivity contribution in [1.82, 2.24) is 25.1 Å². The molecule has 4 rings (SSSR count). The molecule has 1 aliphatic heterocycles. The summed E-state index contributed by atoms with van der Waals surface area (Å²) in [6, 6.07) is 9.45. The van der Waals surface area contributed by atoms with Gasteiger partial charge in [0.15, 0.2) is 5.82 Å². The van der Waals surface area contributed by atoms with Crippen molar-refractivity contribution >= 4 is 23.8 Å². The van der Waals surface area contributed by atoms with Gasteiger partial charge in [-0.25, -0.2) is 9.78 Å². The molecule has 12 heteroatoms. The maximum atomic E-state index is 13.4. The molecule has 12 nitrogen and oxygen atoms in total. The van der Waals surface area contributed by atoms with Gasteiger partial charge in [0, 0.05) is 37.8 Å². The second-order valence-electron chi connectivity index (χ2n) is 9.51. The van der Waals surface area contributed by atoms with Crippen molar-refractivity contribution in [3.05, 3.63) is 42.1 Å². The number of nitrogens with zero attached hydrogens (tertiary/aromatic N) is 4. The van der Waals surface area contributed by atoms with E-state index in [-0.39, 0.29) is 56.9 Å². The molecule has 208 valence electrons. The van der Waals surface area contributed by atoms with Gasteiger partial charge in [0.25, 0.3) is 5.91 Å². The molecule has 0 spiro atoms. The average Bonchev–Trinajstić information content (AvgIpc) is 3.45. The van der Waals surface area contributed by atoms with Crippen LogP contribution in [0.25, 0.3) is 11.4 Å². The lowest BCUT2D eigenvalue weighted by atomic mass is 10.1. The smallest absolute Gasteiger partial charge is 0.409 e. The maximum absolute atomic E-state index is 13.4. The van der Waals surface area contributed by atoms with E-state index in [1.807, 2.05) is 30.3 Å². The highest BCUT2D eigenvalue weighted by Gasteiger charge is 2.32. The van der Waals surface area contributed by atoms with Crippen LogP contribution in [0.15, 0.2) is 36.4 Å². The van der Waals surface area contributed by atoms with E-state index in [9.17, 15) is 19.2 Å². The summed E-state index contributed by atoms with van der Waals surface area (Å²) in [6.07, 6.45) is 3.14. The van der Waals surface area contributed by atoms with Gasteiger partial charge in [0.05, 0.1) is 13.0 Å². The highest BCUT2D eigenvalue weighted by molar-refractivity contribution is 5.98. The van der Waals surface area contributed by atoms with Gasteiger partial charge in [-0.3, -0.25) is 14.4 Å². The van der Waals surface area contributed by atoms with Gasteiger partial charge in [0.1, 0.15) is 17.8 Å². The first-order valence-electron chi connectivity index (χ1n) is 13.2. The van der Waals surface area contributed by atoms with Crippen LogP contribution in [0.1, 0.15) is 49.5 Å². The molecular formula is C27H34N6O6. The summed E-state index contributed by atoms with van der Waals surface area (Å²) in [6.45, 7) is 2.99. The molecule has 2 fully saturated rings. The minimum atomic E-state index is -1.20. The zero-order valence-corrected chi connectivity index (χ0v) is 22.0. The van der Waals surface area contributed by atoms with E-state index in [4.69, 9.17) is 15.2 Å². The molecular weight excluding hydrogens is 504 g/mol. The predicted molar refractivity (Wildman–Crippen MR) is 141 cm³/mol. The fourth-order valence-corrected chi connectivity index (χ4v) is 4.67. The number of benzene rings is 1. The lowest BCUT2D eigenvalue weighted by molar-refractivity contribution is -0.136. The summed E-state index contributed by atoms with van der Waals surface area (Å²) in [4.78, 5) is 62.4. The van der Waals surface area contributed by atoms with Gasteiger partial charge < -0.3 is 30.3 Å². The van der Waals surface area contributed by atoms with Crippen molar-refractivity contribution in [2.45, 2.75) is 51.2 Å². The SMILES string of the molecule is CCOC(=O)N1CCN(C(=O)[C@H](CC(N)=O)NC(=O)c2cc(OC3CCCC3)nc(-c3ccccc3)n2)CC1. The van der Waals surface area contributed by atoms with E-state index >= 15 is 0 Å². The summed E-state index contributed by atoms with van der Waals surface area (Å²) in [5, 5.41) is 2.63. The fourth-order valence-electron chi connectivity index (χ4n) is 4.67. The van der Waals surface area contributed by atoms with E-state index in [1.165, 1.54) is 15.9 Å². The number of ether oxygens (including phenoxy) is 2. The van der Waals surface area contributed by atoms with Crippen LogP contribution in [0.4, 0.5) is 4.79 Å². The number of nitrogens with two attached hydrogens (primary N) is 1. The van der Waals surface area contributed by atoms with E-state index in [2.05, 4.69) is 15.3 Å². The Morgan fingerprint density at radius 2 is 1.69 bits per heavy atom. The number of aromatic nitrogens is 2. The Balaban J connectivity index is 1.51. The Morgan fingerprint density at radius 1 is 1.03 bits per heavy atom. The number of nitrogens with one attached hydrogen (secondary N) is 1. The van der Waals surface area contributed by atoms with Crippen molar-refractivity contribution in [3.63, 3.8) is 0 Å². The zero-order chi connectivity index (χ0) is 27.8. The number of carbonyl (C=O) groups is 4. The maximum Gasteiger partial charge on any atom is 0.409 e. The van der Waals surface area contributed by atoms with Crippen LogP contribution < -0.4 is 15.8 Å². The molecule has 4 amide bonds. The third kappa shape index (κ3) is 7.43. The van der Waals surface area contributed by atoms with Crippen molar-refractivity contribution < 1.29 is 28.7 Å². The molecule has 39 heavy (non-hydrogen) atoms. The second kappa shape index (κ2) is 13.0. The quantitative estimate of drug-likeness (QED) is 0.489. The zero-order valence-electron chi connectivity index (χ0n) is 22.0. The Labute approximate surface area is 226 Å². The summed E-state index contributed by atoms with van der Waals surface area (Å²) in [7, 11) is 0. The Morgan fingerprint density at radius 3 is 2.33 bits per heavy atom. The molecule has 1 saturated carbocycles. The predicted octanol–water partition coefficient (Wildman–Crippen LogP) is 1.74. The van der Waals surface area contributed by atoms with Crippen LogP contribution in [-0.4, -0.2) is 88.5 Å². The first-order chi connectivity index (χ1) is 18.8. The number of hydrogen-bond acceptors (Lipinski definition) is 8. The van der Waals surface area contributed by atoms with Crippen LogP contribution in [0.2, 0.25) is 0 Å². The summed E-state index contributed by atoms with van der Waals surface area (Å²) in [5.74, 6) is -1.28. The molecule has 1 aromatic heterocycles. The van der Waals surface area contributed by atoms with Gasteiger partial charge in [-0.1, -0.05) is 30.3 Å². The van der Waals surface area contributed by atoms with Crippen LogP contribution in [0.3, 0.4) is 0 Å². The van der Waals surface area contributed by atoms with E-state index in [0.717, 1.165) is 25.7 Å². The topological polar surface area (TPSA) is 157 Å². The number of rotatable bonds is 9. The molecule has 1 saturated heterocycles. The summed E-state index contributed by atoms with van der Waals surface area (Å²) < 4.78 is 11.1. The molecule has 0 radical (unpaired) electrons. The lowest BCUT2D eigenvalue weighted by Crippen LogP contribution is -2.56. The monoisotopic (exact) mass is 538 g/mol. The molecule has 2 heterocycles. The molecule has 2 aliphatic rings. The van der Waals surface area contributed by atoms with E-state index in [0.29, 0.717) is 11.4 Å². The highest BCUT2D eigenvalue weighted by atomic mass is 16.6. The number of hydrogen-bond donors (Lipinski definition) is 2. The summed E-state index contributed by atoms with van der Waals surface area (Å²) >= 11 is 0. The molecule has 2 aromatic rings. The number of piperazine rings is 1. The molecule has 1 atom stereocenters. The number of carbonyl (C=O) groups excluding carboxylic acids is 4. The van der Waals surface area contributed by atoms with Crippen molar-refractivity contribution in [3.8, 4) is 17.3 Å². The Kier molecular flexibility index (Phi) is 9.29. The minimum Gasteiger partial charge on any atom is -0.474 e. The first-order valence-corrected chi connectivity index (χ1v) is 13.2. The molecule has 1 aliphatic carbocycles. The standard InChI is InChI=1S/C27H34N6O6/c1-2-38-27(37)33-14-12-32(13-15-33)26(36)21(16-22(28)34)30-25(35)20-17-23(39-19-10-6-7-11-19)31-24(29-20)18-8-4-3-5-9-18/h3-5,8-9,17,19,21H,2,6-7,10-16H2,1H3,(H2,28,34)(H,30,35)/t21-/m0/s1. The van der Waals surface area contributed by atoms with Crippen LogP contribution in [-0.2, 0) is 14.3 Å². The molecule has 0 unspecified atom stereocenters. The lowest BCUT2D eigenvalue weighted by Gasteiger charge is -2.35. The normalized spacial score (nSPS) is 16.4. The van der Waals surface area contributed by atoms with Gasteiger partial charge >= 0.3 is 6.09 Å². The van der Waals surface area contributed by atoms with E-state index in [1.54, 1.807) is 6.92 Å².